The molecule has 112 valence electrons. The topological polar surface area (TPSA) is 58.1 Å². The van der Waals surface area contributed by atoms with Crippen LogP contribution in [0.3, 0.4) is 0 Å². The summed E-state index contributed by atoms with van der Waals surface area (Å²) in [4.78, 5) is 13.9. The normalized spacial score (nSPS) is 10.4. The van der Waals surface area contributed by atoms with E-state index in [4.69, 9.17) is 0 Å². The van der Waals surface area contributed by atoms with E-state index >= 15 is 0 Å². The van der Waals surface area contributed by atoms with Crippen molar-refractivity contribution in [2.75, 3.05) is 25.2 Å². The number of carbonyl (C=O) groups excluding carboxylic acids is 1. The molecule has 0 spiro atoms. The monoisotopic (exact) mass is 386 g/mol. The molecule has 5 nitrogen and oxygen atoms in total. The highest BCUT2D eigenvalue weighted by Crippen LogP contribution is 2.25. The van der Waals surface area contributed by atoms with Gasteiger partial charge in [-0.25, -0.2) is 0 Å². The molecule has 0 saturated carbocycles. The highest BCUT2D eigenvalue weighted by Gasteiger charge is 2.13. The molecular formula is C13H15BrN4OS2. The fourth-order valence-electron chi connectivity index (χ4n) is 1.57. The highest BCUT2D eigenvalue weighted by atomic mass is 79.9. The minimum atomic E-state index is 0.0666. The van der Waals surface area contributed by atoms with E-state index in [1.807, 2.05) is 31.3 Å². The van der Waals surface area contributed by atoms with Crippen LogP contribution in [0.4, 0.5) is 5.13 Å². The molecule has 1 heterocycles. The molecule has 1 N–H and O–H groups in total. The molecule has 0 bridgehead atoms. The van der Waals surface area contributed by atoms with E-state index in [9.17, 15) is 4.79 Å². The lowest BCUT2D eigenvalue weighted by atomic mass is 10.2. The van der Waals surface area contributed by atoms with Crippen molar-refractivity contribution in [1.29, 1.82) is 0 Å². The van der Waals surface area contributed by atoms with Crippen LogP contribution in [0.15, 0.2) is 33.1 Å². The second-order valence-electron chi connectivity index (χ2n) is 4.25. The van der Waals surface area contributed by atoms with Gasteiger partial charge in [0.05, 0.1) is 5.75 Å². The fourth-order valence-corrected chi connectivity index (χ4v) is 3.63. The Morgan fingerprint density at radius 2 is 2.19 bits per heavy atom. The predicted octanol–water partition coefficient (Wildman–Crippen LogP) is 3.09. The number of rotatable bonds is 6. The molecule has 1 amide bonds. The number of nitrogens with zero attached hydrogens (tertiary/aromatic N) is 3. The van der Waals surface area contributed by atoms with Gasteiger partial charge < -0.3 is 10.2 Å². The van der Waals surface area contributed by atoms with E-state index in [1.165, 1.54) is 23.1 Å². The first-order valence-corrected chi connectivity index (χ1v) is 8.81. The summed E-state index contributed by atoms with van der Waals surface area (Å²) in [6.07, 6.45) is 0. The van der Waals surface area contributed by atoms with Crippen molar-refractivity contribution in [2.45, 2.75) is 10.9 Å². The molecular weight excluding hydrogens is 372 g/mol. The van der Waals surface area contributed by atoms with Crippen LogP contribution in [-0.4, -0.2) is 40.9 Å². The van der Waals surface area contributed by atoms with Crippen molar-refractivity contribution >= 4 is 50.1 Å². The molecule has 0 aliphatic rings. The Labute approximate surface area is 140 Å². The van der Waals surface area contributed by atoms with Crippen LogP contribution >= 0.6 is 39.0 Å². The second-order valence-corrected chi connectivity index (χ2v) is 7.31. The lowest BCUT2D eigenvalue weighted by Gasteiger charge is -2.17. The second kappa shape index (κ2) is 7.77. The molecule has 1 aromatic heterocycles. The number of carbonyl (C=O) groups is 1. The van der Waals surface area contributed by atoms with Gasteiger partial charge in [0, 0.05) is 25.1 Å². The van der Waals surface area contributed by atoms with E-state index in [0.29, 0.717) is 12.3 Å². The summed E-state index contributed by atoms with van der Waals surface area (Å²) < 4.78 is 1.81. The number of benzene rings is 1. The Morgan fingerprint density at radius 1 is 1.43 bits per heavy atom. The first-order chi connectivity index (χ1) is 10.1. The minimum absolute atomic E-state index is 0.0666. The third-order valence-electron chi connectivity index (χ3n) is 2.73. The van der Waals surface area contributed by atoms with Crippen LogP contribution in [0.5, 0.6) is 0 Å². The number of nitrogens with one attached hydrogen (secondary N) is 1. The molecule has 2 aromatic rings. The van der Waals surface area contributed by atoms with Gasteiger partial charge in [-0.3, -0.25) is 4.79 Å². The van der Waals surface area contributed by atoms with E-state index < -0.39 is 0 Å². The molecule has 0 fully saturated rings. The van der Waals surface area contributed by atoms with Crippen LogP contribution < -0.4 is 5.32 Å². The summed E-state index contributed by atoms with van der Waals surface area (Å²) in [6.45, 7) is 0.582. The Morgan fingerprint density at radius 3 is 2.86 bits per heavy atom. The summed E-state index contributed by atoms with van der Waals surface area (Å²) in [7, 11) is 3.60. The van der Waals surface area contributed by atoms with E-state index in [2.05, 4.69) is 31.4 Å². The molecule has 0 atom stereocenters. The van der Waals surface area contributed by atoms with Crippen molar-refractivity contribution in [3.05, 3.63) is 34.3 Å². The van der Waals surface area contributed by atoms with Gasteiger partial charge in [0.15, 0.2) is 4.34 Å². The van der Waals surface area contributed by atoms with Crippen LogP contribution in [0.1, 0.15) is 5.56 Å². The van der Waals surface area contributed by atoms with E-state index in [0.717, 1.165) is 19.5 Å². The SMILES string of the molecule is CNc1nnc(SCC(=O)N(C)Cc2ccccc2Br)s1. The van der Waals surface area contributed by atoms with Crippen LogP contribution in [0, 0.1) is 0 Å². The average molecular weight is 387 g/mol. The van der Waals surface area contributed by atoms with E-state index in [-0.39, 0.29) is 5.91 Å². The van der Waals surface area contributed by atoms with Gasteiger partial charge in [-0.05, 0) is 11.6 Å². The number of hydrogen-bond acceptors (Lipinski definition) is 6. The van der Waals surface area contributed by atoms with Gasteiger partial charge in [-0.15, -0.1) is 10.2 Å². The number of thioether (sulfide) groups is 1. The Bertz CT molecular complexity index is 620. The fraction of sp³-hybridized carbons (Fsp3) is 0.308. The van der Waals surface area contributed by atoms with Crippen LogP contribution in [0.2, 0.25) is 0 Å². The summed E-state index contributed by atoms with van der Waals surface area (Å²) in [5, 5.41) is 11.6. The lowest BCUT2D eigenvalue weighted by Crippen LogP contribution is -2.27. The Kier molecular flexibility index (Phi) is 6.01. The van der Waals surface area contributed by atoms with Crippen LogP contribution in [-0.2, 0) is 11.3 Å². The largest absolute Gasteiger partial charge is 0.363 e. The van der Waals surface area contributed by atoms with Crippen molar-refractivity contribution < 1.29 is 4.79 Å². The maximum absolute atomic E-state index is 12.1. The summed E-state index contributed by atoms with van der Waals surface area (Å²) in [5.74, 6) is 0.427. The summed E-state index contributed by atoms with van der Waals surface area (Å²) in [6, 6.07) is 7.90. The number of anilines is 1. The van der Waals surface area contributed by atoms with Gasteiger partial charge in [0.25, 0.3) is 0 Å². The zero-order valence-electron chi connectivity index (χ0n) is 11.7. The van der Waals surface area contributed by atoms with Crippen molar-refractivity contribution in [3.8, 4) is 0 Å². The maximum Gasteiger partial charge on any atom is 0.233 e. The van der Waals surface area contributed by atoms with Gasteiger partial charge in [0.1, 0.15) is 0 Å². The van der Waals surface area contributed by atoms with Crippen molar-refractivity contribution in [1.82, 2.24) is 15.1 Å². The Balaban J connectivity index is 1.86. The number of halogens is 1. The zero-order valence-corrected chi connectivity index (χ0v) is 14.9. The summed E-state index contributed by atoms with van der Waals surface area (Å²) >= 11 is 6.35. The third kappa shape index (κ3) is 4.69. The zero-order chi connectivity index (χ0) is 15.2. The average Bonchev–Trinajstić information content (AvgIpc) is 2.95. The van der Waals surface area contributed by atoms with E-state index in [1.54, 1.807) is 11.9 Å². The molecule has 8 heteroatoms. The summed E-state index contributed by atoms with van der Waals surface area (Å²) in [5.41, 5.74) is 1.09. The number of aromatic nitrogens is 2. The predicted molar refractivity (Wildman–Crippen MR) is 90.8 cm³/mol. The number of amides is 1. The van der Waals surface area contributed by atoms with Gasteiger partial charge in [0.2, 0.25) is 11.0 Å². The minimum Gasteiger partial charge on any atom is -0.363 e. The molecule has 0 aliphatic carbocycles. The van der Waals surface area contributed by atoms with Crippen molar-refractivity contribution in [2.24, 2.45) is 0 Å². The smallest absolute Gasteiger partial charge is 0.233 e. The molecule has 2 rings (SSSR count). The number of hydrogen-bond donors (Lipinski definition) is 1. The molecule has 0 radical (unpaired) electrons. The van der Waals surface area contributed by atoms with Gasteiger partial charge >= 0.3 is 0 Å². The first kappa shape index (κ1) is 16.3. The maximum atomic E-state index is 12.1. The molecule has 0 saturated heterocycles. The third-order valence-corrected chi connectivity index (χ3v) is 5.56. The quantitative estimate of drug-likeness (QED) is 0.772. The standard InChI is InChI=1S/C13H15BrN4OS2/c1-15-12-16-17-13(21-12)20-8-11(19)18(2)7-9-5-3-4-6-10(9)14/h3-6H,7-8H2,1-2H3,(H,15,16). The Hall–Kier alpha value is -1.12. The van der Waals surface area contributed by atoms with Crippen molar-refractivity contribution in [3.63, 3.8) is 0 Å². The first-order valence-electron chi connectivity index (χ1n) is 6.21. The van der Waals surface area contributed by atoms with Gasteiger partial charge in [-0.2, -0.15) is 0 Å². The molecule has 1 aromatic carbocycles. The molecule has 0 unspecified atom stereocenters. The highest BCUT2D eigenvalue weighted by molar-refractivity contribution is 9.10. The van der Waals surface area contributed by atoms with Gasteiger partial charge in [-0.1, -0.05) is 57.2 Å². The van der Waals surface area contributed by atoms with Crippen LogP contribution in [0.25, 0.3) is 0 Å². The lowest BCUT2D eigenvalue weighted by molar-refractivity contribution is -0.127. The molecule has 0 aliphatic heterocycles. The molecule has 21 heavy (non-hydrogen) atoms.